The van der Waals surface area contributed by atoms with Crippen molar-refractivity contribution in [3.8, 4) is 23.0 Å². The van der Waals surface area contributed by atoms with Crippen LogP contribution < -0.4 is 9.47 Å². The molecule has 0 radical (unpaired) electrons. The molecule has 2 aromatic carbocycles. The molecule has 0 atom stereocenters. The van der Waals surface area contributed by atoms with Crippen LogP contribution in [0.5, 0.6) is 23.0 Å². The lowest BCUT2D eigenvalue weighted by Gasteiger charge is -2.16. The number of aromatic hydroxyl groups is 2. The van der Waals surface area contributed by atoms with E-state index in [2.05, 4.69) is 9.47 Å². The highest BCUT2D eigenvalue weighted by atomic mass is 16.9. The van der Waals surface area contributed by atoms with Crippen molar-refractivity contribution in [2.45, 2.75) is 18.7 Å². The van der Waals surface area contributed by atoms with E-state index >= 15 is 0 Å². The van der Waals surface area contributed by atoms with E-state index < -0.39 is 53.3 Å². The molecule has 2 aromatic rings. The van der Waals surface area contributed by atoms with Crippen molar-refractivity contribution in [3.63, 3.8) is 0 Å². The van der Waals surface area contributed by atoms with Gasteiger partial charge in [-0.25, -0.2) is 0 Å². The predicted molar refractivity (Wildman–Crippen MR) is 109 cm³/mol. The molecule has 0 saturated carbocycles. The Morgan fingerprint density at radius 1 is 0.697 bits per heavy atom. The molecule has 33 heavy (non-hydrogen) atoms. The summed E-state index contributed by atoms with van der Waals surface area (Å²) in [5.41, 5.74) is 0.542. The summed E-state index contributed by atoms with van der Waals surface area (Å²) in [7, 11) is 0. The number of allylic oxidation sites excluding steroid dienone is 2. The highest BCUT2D eigenvalue weighted by Crippen LogP contribution is 2.30. The van der Waals surface area contributed by atoms with E-state index in [1.807, 2.05) is 0 Å². The molecular weight excluding hydrogens is 444 g/mol. The zero-order valence-corrected chi connectivity index (χ0v) is 16.7. The first-order chi connectivity index (χ1) is 15.2. The Balaban J connectivity index is 2.01. The summed E-state index contributed by atoms with van der Waals surface area (Å²) in [6, 6.07) is 7.13. The number of phenolic OH excluding ortho intramolecular Hbond substituents is 2. The van der Waals surface area contributed by atoms with E-state index in [1.165, 1.54) is 24.3 Å². The number of phenols is 2. The van der Waals surface area contributed by atoms with Crippen molar-refractivity contribution in [3.05, 3.63) is 59.7 Å². The molecule has 12 nitrogen and oxygen atoms in total. The zero-order chi connectivity index (χ0) is 24.8. The summed E-state index contributed by atoms with van der Waals surface area (Å²) in [6.45, 7) is 0. The average Bonchev–Trinajstić information content (AvgIpc) is 2.67. The number of ketones is 2. The second-order valence-corrected chi connectivity index (χ2v) is 6.58. The Labute approximate surface area is 185 Å². The molecule has 0 aliphatic heterocycles. The second kappa shape index (κ2) is 10.2. The van der Waals surface area contributed by atoms with Gasteiger partial charge in [0.1, 0.15) is 0 Å². The van der Waals surface area contributed by atoms with Gasteiger partial charge in [-0.3, -0.25) is 9.59 Å². The van der Waals surface area contributed by atoms with Crippen LogP contribution in [0.1, 0.15) is 17.5 Å². The summed E-state index contributed by atoms with van der Waals surface area (Å²) >= 11 is 0. The third-order valence-electron chi connectivity index (χ3n) is 3.73. The average molecular weight is 464 g/mol. The van der Waals surface area contributed by atoms with E-state index in [0.717, 1.165) is 36.4 Å². The van der Waals surface area contributed by atoms with Gasteiger partial charge in [-0.1, -0.05) is 24.3 Å². The number of aliphatic hydroxyl groups is 6. The van der Waals surface area contributed by atoms with Gasteiger partial charge in [0.25, 0.3) is 0 Å². The van der Waals surface area contributed by atoms with Gasteiger partial charge in [-0.15, -0.1) is 0 Å². The summed E-state index contributed by atoms with van der Waals surface area (Å²) < 4.78 is 8.66. The third kappa shape index (κ3) is 9.08. The minimum atomic E-state index is -3.52. The fourth-order valence-corrected chi connectivity index (χ4v) is 2.40. The molecule has 0 heterocycles. The molecule has 0 aliphatic rings. The van der Waals surface area contributed by atoms with Gasteiger partial charge >= 0.3 is 12.3 Å². The summed E-state index contributed by atoms with van der Waals surface area (Å²) in [6.07, 6.45) is -2.92. The number of benzene rings is 2. The van der Waals surface area contributed by atoms with Crippen molar-refractivity contribution < 1.29 is 59.9 Å². The summed E-state index contributed by atoms with van der Waals surface area (Å²) in [5, 5.41) is 72.1. The SMILES string of the molecule is O=C(/C=C/c1ccc(O)c(OC(O)(O)O)c1)CC(=O)/C=C/c1ccc(O)c(OC(O)(O)O)c1. The van der Waals surface area contributed by atoms with Crippen molar-refractivity contribution in [2.24, 2.45) is 0 Å². The lowest BCUT2D eigenvalue weighted by Crippen LogP contribution is -2.34. The number of rotatable bonds is 10. The monoisotopic (exact) mass is 464 g/mol. The molecule has 0 aromatic heterocycles. The van der Waals surface area contributed by atoms with Crippen LogP contribution in [0.3, 0.4) is 0 Å². The van der Waals surface area contributed by atoms with Gasteiger partial charge in [0, 0.05) is 0 Å². The Morgan fingerprint density at radius 3 is 1.39 bits per heavy atom. The Hall–Kier alpha value is -3.78. The normalized spacial score (nSPS) is 12.3. The largest absolute Gasteiger partial charge is 0.504 e. The highest BCUT2D eigenvalue weighted by molar-refractivity contribution is 6.10. The smallest absolute Gasteiger partial charge is 0.453 e. The lowest BCUT2D eigenvalue weighted by atomic mass is 10.1. The van der Waals surface area contributed by atoms with E-state index in [1.54, 1.807) is 0 Å². The van der Waals surface area contributed by atoms with Gasteiger partial charge in [0.05, 0.1) is 6.42 Å². The van der Waals surface area contributed by atoms with Crippen LogP contribution in [0.4, 0.5) is 0 Å². The van der Waals surface area contributed by atoms with E-state index in [-0.39, 0.29) is 11.1 Å². The maximum Gasteiger partial charge on any atom is 0.453 e. The van der Waals surface area contributed by atoms with Crippen LogP contribution in [-0.2, 0) is 9.59 Å². The molecule has 0 bridgehead atoms. The molecule has 0 amide bonds. The first-order valence-electron chi connectivity index (χ1n) is 9.02. The van der Waals surface area contributed by atoms with Crippen LogP contribution in [-0.4, -0.2) is 64.7 Å². The zero-order valence-electron chi connectivity index (χ0n) is 16.7. The fraction of sp³-hybridized carbons (Fsp3) is 0.143. The van der Waals surface area contributed by atoms with Crippen LogP contribution in [0.25, 0.3) is 12.2 Å². The molecule has 0 fully saturated rings. The molecule has 0 spiro atoms. The van der Waals surface area contributed by atoms with Crippen LogP contribution in [0.15, 0.2) is 48.6 Å². The van der Waals surface area contributed by atoms with E-state index in [0.29, 0.717) is 0 Å². The van der Waals surface area contributed by atoms with Gasteiger partial charge in [-0.05, 0) is 47.5 Å². The van der Waals surface area contributed by atoms with Crippen molar-refractivity contribution in [1.82, 2.24) is 0 Å². The van der Waals surface area contributed by atoms with Crippen LogP contribution in [0.2, 0.25) is 0 Å². The topological polar surface area (TPSA) is 214 Å². The molecular formula is C21H20O12. The molecule has 12 heteroatoms. The van der Waals surface area contributed by atoms with Crippen molar-refractivity contribution >= 4 is 23.7 Å². The number of hydrogen-bond donors (Lipinski definition) is 8. The quantitative estimate of drug-likeness (QED) is 0.124. The van der Waals surface area contributed by atoms with Crippen molar-refractivity contribution in [1.29, 1.82) is 0 Å². The number of carbonyl (C=O) groups is 2. The van der Waals surface area contributed by atoms with Gasteiger partial charge in [0.2, 0.25) is 0 Å². The predicted octanol–water partition coefficient (Wildman–Crippen LogP) is -0.713. The molecule has 8 N–H and O–H groups in total. The number of ether oxygens (including phenoxy) is 2. The molecule has 0 unspecified atom stereocenters. The Kier molecular flexibility index (Phi) is 7.90. The van der Waals surface area contributed by atoms with Gasteiger partial charge in [-0.2, -0.15) is 0 Å². The summed E-state index contributed by atoms with van der Waals surface area (Å²) in [4.78, 5) is 24.0. The molecule has 0 aliphatic carbocycles. The van der Waals surface area contributed by atoms with Gasteiger partial charge < -0.3 is 50.3 Å². The van der Waals surface area contributed by atoms with E-state index in [4.69, 9.17) is 30.6 Å². The van der Waals surface area contributed by atoms with Crippen LogP contribution in [0, 0.1) is 0 Å². The van der Waals surface area contributed by atoms with Crippen molar-refractivity contribution in [2.75, 3.05) is 0 Å². The second-order valence-electron chi connectivity index (χ2n) is 6.58. The number of hydrogen-bond acceptors (Lipinski definition) is 12. The standard InChI is InChI=1S/C21H20O12/c22-14(5-1-12-3-7-16(24)18(9-12)32-20(26,27)28)11-15(23)6-2-13-4-8-17(25)19(10-13)33-21(29,30)31/h1-10,24-31H,11H2/b5-1+,6-2+. The maximum atomic E-state index is 12.0. The first kappa shape index (κ1) is 25.5. The molecule has 0 saturated heterocycles. The Morgan fingerprint density at radius 2 is 1.06 bits per heavy atom. The number of carbonyl (C=O) groups excluding carboxylic acids is 2. The van der Waals surface area contributed by atoms with Gasteiger partial charge in [0.15, 0.2) is 34.6 Å². The highest BCUT2D eigenvalue weighted by Gasteiger charge is 2.23. The fourth-order valence-electron chi connectivity index (χ4n) is 2.40. The maximum absolute atomic E-state index is 12.0. The minimum Gasteiger partial charge on any atom is -0.504 e. The first-order valence-corrected chi connectivity index (χ1v) is 9.02. The molecule has 2 rings (SSSR count). The van der Waals surface area contributed by atoms with Crippen LogP contribution >= 0.6 is 0 Å². The Bertz CT molecular complexity index is 988. The minimum absolute atomic E-state index is 0.271. The molecule has 176 valence electrons. The lowest BCUT2D eigenvalue weighted by molar-refractivity contribution is -0.420. The summed E-state index contributed by atoms with van der Waals surface area (Å²) in [5.74, 6) is -3.16. The van der Waals surface area contributed by atoms with E-state index in [9.17, 15) is 19.8 Å². The third-order valence-corrected chi connectivity index (χ3v) is 3.73.